The van der Waals surface area contributed by atoms with Crippen molar-refractivity contribution in [2.75, 3.05) is 6.54 Å². The van der Waals surface area contributed by atoms with Crippen LogP contribution in [-0.2, 0) is 0 Å². The molecule has 2 nitrogen and oxygen atoms in total. The van der Waals surface area contributed by atoms with Gasteiger partial charge in [0.2, 0.25) is 0 Å². The first kappa shape index (κ1) is 13.1. The van der Waals surface area contributed by atoms with Crippen molar-refractivity contribution in [1.82, 2.24) is 5.32 Å². The van der Waals surface area contributed by atoms with Crippen molar-refractivity contribution in [3.05, 3.63) is 23.3 Å². The molecule has 0 amide bonds. The minimum Gasteiger partial charge on any atom is -0.308 e. The highest BCUT2D eigenvalue weighted by Crippen LogP contribution is 2.00. The molecule has 0 radical (unpaired) electrons. The summed E-state index contributed by atoms with van der Waals surface area (Å²) in [5.41, 5.74) is 2.36. The predicted molar refractivity (Wildman–Crippen MR) is 64.1 cm³/mol. The van der Waals surface area contributed by atoms with Gasteiger partial charge in [0, 0.05) is 18.3 Å². The van der Waals surface area contributed by atoms with Crippen LogP contribution in [0.1, 0.15) is 34.6 Å². The van der Waals surface area contributed by atoms with Gasteiger partial charge >= 0.3 is 0 Å². The SMILES string of the molecule is CC(C)=C/C=C(\C=N)CNC(C)(C)C. The number of hydrogen-bond donors (Lipinski definition) is 2. The van der Waals surface area contributed by atoms with Crippen LogP contribution in [0.3, 0.4) is 0 Å². The Morgan fingerprint density at radius 2 is 1.79 bits per heavy atom. The zero-order valence-corrected chi connectivity index (χ0v) is 9.94. The van der Waals surface area contributed by atoms with Gasteiger partial charge in [0.05, 0.1) is 0 Å². The van der Waals surface area contributed by atoms with Gasteiger partial charge in [-0.1, -0.05) is 17.7 Å². The van der Waals surface area contributed by atoms with E-state index in [1.165, 1.54) is 11.8 Å². The fourth-order valence-electron chi connectivity index (χ4n) is 0.799. The fourth-order valence-corrected chi connectivity index (χ4v) is 0.799. The second kappa shape index (κ2) is 5.76. The van der Waals surface area contributed by atoms with Crippen LogP contribution in [0.4, 0.5) is 0 Å². The minimum atomic E-state index is 0.104. The van der Waals surface area contributed by atoms with Gasteiger partial charge in [0.25, 0.3) is 0 Å². The van der Waals surface area contributed by atoms with E-state index in [1.54, 1.807) is 0 Å². The van der Waals surface area contributed by atoms with Gasteiger partial charge in [0.1, 0.15) is 0 Å². The molecule has 14 heavy (non-hydrogen) atoms. The molecule has 0 heterocycles. The molecule has 0 saturated carbocycles. The molecule has 2 heteroatoms. The second-order valence-corrected chi connectivity index (χ2v) is 4.73. The van der Waals surface area contributed by atoms with Gasteiger partial charge < -0.3 is 10.7 Å². The van der Waals surface area contributed by atoms with Gasteiger partial charge in [-0.3, -0.25) is 0 Å². The number of hydrogen-bond acceptors (Lipinski definition) is 2. The Labute approximate surface area is 87.6 Å². The normalized spacial score (nSPS) is 12.5. The molecule has 0 aromatic heterocycles. The summed E-state index contributed by atoms with van der Waals surface area (Å²) in [6.45, 7) is 11.2. The van der Waals surface area contributed by atoms with Gasteiger partial charge in [-0.25, -0.2) is 0 Å². The monoisotopic (exact) mass is 194 g/mol. The second-order valence-electron chi connectivity index (χ2n) is 4.73. The van der Waals surface area contributed by atoms with Gasteiger partial charge in [-0.15, -0.1) is 0 Å². The van der Waals surface area contributed by atoms with E-state index in [9.17, 15) is 0 Å². The Kier molecular flexibility index (Phi) is 5.39. The number of nitrogens with one attached hydrogen (secondary N) is 2. The molecule has 0 aromatic rings. The summed E-state index contributed by atoms with van der Waals surface area (Å²) >= 11 is 0. The third-order valence-electron chi connectivity index (χ3n) is 1.64. The highest BCUT2D eigenvalue weighted by molar-refractivity contribution is 5.76. The van der Waals surface area contributed by atoms with Crippen LogP contribution in [0.2, 0.25) is 0 Å². The minimum absolute atomic E-state index is 0.104. The molecule has 0 saturated heterocycles. The maximum Gasteiger partial charge on any atom is 0.0225 e. The van der Waals surface area contributed by atoms with Crippen molar-refractivity contribution >= 4 is 6.21 Å². The van der Waals surface area contributed by atoms with Crippen molar-refractivity contribution in [2.45, 2.75) is 40.2 Å². The molecular formula is C12H22N2. The molecule has 0 aromatic carbocycles. The largest absolute Gasteiger partial charge is 0.308 e. The van der Waals surface area contributed by atoms with E-state index in [1.807, 2.05) is 12.2 Å². The van der Waals surface area contributed by atoms with E-state index in [2.05, 4.69) is 39.9 Å². The third-order valence-corrected chi connectivity index (χ3v) is 1.64. The van der Waals surface area contributed by atoms with Crippen molar-refractivity contribution in [3.8, 4) is 0 Å². The van der Waals surface area contributed by atoms with E-state index >= 15 is 0 Å². The zero-order chi connectivity index (χ0) is 11.2. The molecular weight excluding hydrogens is 172 g/mol. The summed E-state index contributed by atoms with van der Waals surface area (Å²) in [5.74, 6) is 0. The summed E-state index contributed by atoms with van der Waals surface area (Å²) in [4.78, 5) is 0. The standard InChI is InChI=1S/C12H22N2/c1-10(2)6-7-11(8-13)9-14-12(3,4)5/h6-8,13-14H,9H2,1-5H3/b11-7+,13-8?. The van der Waals surface area contributed by atoms with Crippen molar-refractivity contribution in [2.24, 2.45) is 0 Å². The van der Waals surface area contributed by atoms with Gasteiger partial charge in [0.15, 0.2) is 0 Å². The molecule has 0 unspecified atom stereocenters. The molecule has 0 aliphatic carbocycles. The Bertz CT molecular complexity index is 238. The lowest BCUT2D eigenvalue weighted by atomic mass is 10.1. The Morgan fingerprint density at radius 1 is 1.21 bits per heavy atom. The fraction of sp³-hybridized carbons (Fsp3) is 0.583. The number of rotatable bonds is 4. The first-order valence-corrected chi connectivity index (χ1v) is 4.95. The summed E-state index contributed by atoms with van der Waals surface area (Å²) in [6.07, 6.45) is 5.42. The van der Waals surface area contributed by atoms with E-state index in [4.69, 9.17) is 5.41 Å². The molecule has 80 valence electrons. The Hall–Kier alpha value is -0.890. The Morgan fingerprint density at radius 3 is 2.14 bits per heavy atom. The first-order chi connectivity index (χ1) is 6.35. The lowest BCUT2D eigenvalue weighted by Gasteiger charge is -2.20. The molecule has 0 fully saturated rings. The van der Waals surface area contributed by atoms with Crippen molar-refractivity contribution in [1.29, 1.82) is 5.41 Å². The highest BCUT2D eigenvalue weighted by Gasteiger charge is 2.07. The van der Waals surface area contributed by atoms with Gasteiger partial charge in [-0.05, 0) is 40.2 Å². The van der Waals surface area contributed by atoms with E-state index in [0.29, 0.717) is 0 Å². The van der Waals surface area contributed by atoms with Crippen LogP contribution in [-0.4, -0.2) is 18.3 Å². The van der Waals surface area contributed by atoms with E-state index in [0.717, 1.165) is 12.1 Å². The maximum absolute atomic E-state index is 7.25. The molecule has 0 rings (SSSR count). The van der Waals surface area contributed by atoms with Crippen LogP contribution >= 0.6 is 0 Å². The molecule has 0 aliphatic heterocycles. The maximum atomic E-state index is 7.25. The number of allylic oxidation sites excluding steroid dienone is 3. The van der Waals surface area contributed by atoms with Crippen LogP contribution in [0.15, 0.2) is 23.3 Å². The van der Waals surface area contributed by atoms with Crippen LogP contribution in [0, 0.1) is 5.41 Å². The summed E-state index contributed by atoms with van der Waals surface area (Å²) < 4.78 is 0. The predicted octanol–water partition coefficient (Wildman–Crippen LogP) is 2.92. The quantitative estimate of drug-likeness (QED) is 0.524. The zero-order valence-electron chi connectivity index (χ0n) is 9.94. The lowest BCUT2D eigenvalue weighted by molar-refractivity contribution is 0.447. The van der Waals surface area contributed by atoms with E-state index < -0.39 is 0 Å². The average molecular weight is 194 g/mol. The molecule has 2 N–H and O–H groups in total. The third kappa shape index (κ3) is 7.74. The Balaban J connectivity index is 4.24. The van der Waals surface area contributed by atoms with Crippen LogP contribution in [0.25, 0.3) is 0 Å². The van der Waals surface area contributed by atoms with Crippen LogP contribution < -0.4 is 5.32 Å². The average Bonchev–Trinajstić information content (AvgIpc) is 2.02. The van der Waals surface area contributed by atoms with Crippen molar-refractivity contribution in [3.63, 3.8) is 0 Å². The molecule has 0 bridgehead atoms. The smallest absolute Gasteiger partial charge is 0.0225 e. The molecule has 0 aliphatic rings. The summed E-state index contributed by atoms with van der Waals surface area (Å²) in [7, 11) is 0. The highest BCUT2D eigenvalue weighted by atomic mass is 14.9. The lowest BCUT2D eigenvalue weighted by Crippen LogP contribution is -2.37. The molecule has 0 atom stereocenters. The van der Waals surface area contributed by atoms with Crippen LogP contribution in [0.5, 0.6) is 0 Å². The summed E-state index contributed by atoms with van der Waals surface area (Å²) in [6, 6.07) is 0. The first-order valence-electron chi connectivity index (χ1n) is 4.95. The van der Waals surface area contributed by atoms with E-state index in [-0.39, 0.29) is 5.54 Å². The van der Waals surface area contributed by atoms with Gasteiger partial charge in [-0.2, -0.15) is 0 Å². The molecule has 0 spiro atoms. The topological polar surface area (TPSA) is 35.9 Å². The summed E-state index contributed by atoms with van der Waals surface area (Å²) in [5, 5.41) is 10.6. The van der Waals surface area contributed by atoms with Crippen molar-refractivity contribution < 1.29 is 0 Å².